The van der Waals surface area contributed by atoms with Crippen molar-refractivity contribution >= 4 is 22.6 Å². The molecule has 1 amide bonds. The van der Waals surface area contributed by atoms with Gasteiger partial charge in [0.2, 0.25) is 0 Å². The number of benzene rings is 1. The molecule has 1 N–H and O–H groups in total. The van der Waals surface area contributed by atoms with Gasteiger partial charge in [0.15, 0.2) is 5.69 Å². The van der Waals surface area contributed by atoms with Gasteiger partial charge in [0.05, 0.1) is 5.69 Å². The van der Waals surface area contributed by atoms with E-state index >= 15 is 0 Å². The van der Waals surface area contributed by atoms with Crippen LogP contribution in [0, 0.1) is 6.92 Å². The van der Waals surface area contributed by atoms with Crippen molar-refractivity contribution < 1.29 is 22.4 Å². The Labute approximate surface area is 128 Å². The number of hydrogen-bond donors (Lipinski definition) is 1. The van der Waals surface area contributed by atoms with Gasteiger partial charge in [0, 0.05) is 17.1 Å². The van der Waals surface area contributed by atoms with Crippen LogP contribution in [0.1, 0.15) is 21.8 Å². The van der Waals surface area contributed by atoms with Crippen LogP contribution in [0.15, 0.2) is 47.0 Å². The van der Waals surface area contributed by atoms with Crippen molar-refractivity contribution in [3.8, 4) is 0 Å². The normalized spacial score (nSPS) is 11.7. The van der Waals surface area contributed by atoms with Crippen LogP contribution in [0.3, 0.4) is 0 Å². The van der Waals surface area contributed by atoms with Gasteiger partial charge in [-0.3, -0.25) is 4.79 Å². The lowest BCUT2D eigenvalue weighted by molar-refractivity contribution is -0.140. The van der Waals surface area contributed by atoms with Gasteiger partial charge in [-0.2, -0.15) is 13.2 Å². The highest BCUT2D eigenvalue weighted by atomic mass is 19.4. The number of halogens is 3. The third-order valence-electron chi connectivity index (χ3n) is 3.23. The number of hydrogen-bond acceptors (Lipinski definition) is 3. The molecule has 0 aliphatic carbocycles. The van der Waals surface area contributed by atoms with Gasteiger partial charge in [-0.1, -0.05) is 0 Å². The van der Waals surface area contributed by atoms with Gasteiger partial charge >= 0.3 is 6.18 Å². The molecular formula is C16H11F3N2O2. The van der Waals surface area contributed by atoms with E-state index in [0.29, 0.717) is 16.7 Å². The average molecular weight is 320 g/mol. The summed E-state index contributed by atoms with van der Waals surface area (Å²) < 4.78 is 44.1. The Morgan fingerprint density at radius 3 is 2.74 bits per heavy atom. The largest absolute Gasteiger partial charge is 0.461 e. The van der Waals surface area contributed by atoms with Crippen LogP contribution in [-0.4, -0.2) is 10.9 Å². The van der Waals surface area contributed by atoms with Crippen LogP contribution in [0.4, 0.5) is 18.9 Å². The van der Waals surface area contributed by atoms with Crippen molar-refractivity contribution in [3.05, 3.63) is 59.6 Å². The Balaban J connectivity index is 1.92. The summed E-state index contributed by atoms with van der Waals surface area (Å²) in [5.41, 5.74) is -0.672. The van der Waals surface area contributed by atoms with Gasteiger partial charge in [-0.15, -0.1) is 0 Å². The van der Waals surface area contributed by atoms with Crippen LogP contribution < -0.4 is 5.32 Å². The fourth-order valence-electron chi connectivity index (χ4n) is 2.24. The van der Waals surface area contributed by atoms with E-state index in [-0.39, 0.29) is 11.3 Å². The molecule has 23 heavy (non-hydrogen) atoms. The zero-order valence-electron chi connectivity index (χ0n) is 11.9. The van der Waals surface area contributed by atoms with Crippen molar-refractivity contribution in [2.24, 2.45) is 0 Å². The summed E-state index contributed by atoms with van der Waals surface area (Å²) in [6.07, 6.45) is -3.62. The summed E-state index contributed by atoms with van der Waals surface area (Å²) in [7, 11) is 0. The summed E-state index contributed by atoms with van der Waals surface area (Å²) in [6, 6.07) is 8.89. The van der Waals surface area contributed by atoms with E-state index < -0.39 is 17.8 Å². The number of nitrogens with one attached hydrogen (secondary N) is 1. The Morgan fingerprint density at radius 1 is 1.22 bits per heavy atom. The lowest BCUT2D eigenvalue weighted by Gasteiger charge is -2.12. The second-order valence-corrected chi connectivity index (χ2v) is 4.96. The quantitative estimate of drug-likeness (QED) is 0.761. The zero-order valence-corrected chi connectivity index (χ0v) is 11.9. The van der Waals surface area contributed by atoms with Gasteiger partial charge in [0.25, 0.3) is 5.91 Å². The lowest BCUT2D eigenvalue weighted by atomic mass is 10.1. The van der Waals surface area contributed by atoms with Gasteiger partial charge in [-0.25, -0.2) is 4.98 Å². The number of carbonyl (C=O) groups excluding carboxylic acids is 1. The number of pyridine rings is 1. The number of furan rings is 1. The first kappa shape index (κ1) is 15.1. The Morgan fingerprint density at radius 2 is 2.00 bits per heavy atom. The van der Waals surface area contributed by atoms with E-state index in [9.17, 15) is 18.0 Å². The first-order valence-corrected chi connectivity index (χ1v) is 6.68. The minimum Gasteiger partial charge on any atom is -0.461 e. The Hall–Kier alpha value is -2.83. The molecule has 0 spiro atoms. The molecule has 118 valence electrons. The van der Waals surface area contributed by atoms with Gasteiger partial charge < -0.3 is 9.73 Å². The van der Waals surface area contributed by atoms with E-state index in [1.165, 1.54) is 12.1 Å². The van der Waals surface area contributed by atoms with Crippen LogP contribution in [0.5, 0.6) is 0 Å². The van der Waals surface area contributed by atoms with Crippen LogP contribution >= 0.6 is 0 Å². The molecule has 0 radical (unpaired) electrons. The number of aromatic nitrogens is 1. The van der Waals surface area contributed by atoms with Crippen molar-refractivity contribution in [3.63, 3.8) is 0 Å². The fourth-order valence-corrected chi connectivity index (χ4v) is 2.24. The molecule has 3 rings (SSSR count). The maximum Gasteiger partial charge on any atom is 0.435 e. The molecule has 7 heteroatoms. The van der Waals surface area contributed by atoms with Gasteiger partial charge in [-0.05, 0) is 43.3 Å². The topological polar surface area (TPSA) is 55.1 Å². The molecule has 0 aliphatic heterocycles. The van der Waals surface area contributed by atoms with E-state index in [2.05, 4.69) is 10.3 Å². The predicted molar refractivity (Wildman–Crippen MR) is 78.1 cm³/mol. The molecule has 1 aromatic carbocycles. The SMILES string of the molecule is Cc1cc2cc(C(=O)Nc3cccnc3C(F)(F)F)ccc2o1. The molecule has 4 nitrogen and oxygen atoms in total. The van der Waals surface area contributed by atoms with E-state index in [1.807, 2.05) is 0 Å². The monoisotopic (exact) mass is 320 g/mol. The Bertz CT molecular complexity index is 884. The summed E-state index contributed by atoms with van der Waals surface area (Å²) in [5.74, 6) is 0.0356. The maximum atomic E-state index is 12.9. The summed E-state index contributed by atoms with van der Waals surface area (Å²) in [5, 5.41) is 2.96. The van der Waals surface area contributed by atoms with Gasteiger partial charge in [0.1, 0.15) is 11.3 Å². The number of anilines is 1. The second kappa shape index (κ2) is 5.42. The standard InChI is InChI=1S/C16H11F3N2O2/c1-9-7-11-8-10(4-5-13(11)23-9)15(22)21-12-3-2-6-20-14(12)16(17,18)19/h2-8H,1H3,(H,21,22). The fraction of sp³-hybridized carbons (Fsp3) is 0.125. The summed E-state index contributed by atoms with van der Waals surface area (Å²) >= 11 is 0. The van der Waals surface area contributed by atoms with Crippen molar-refractivity contribution in [2.75, 3.05) is 5.32 Å². The zero-order chi connectivity index (χ0) is 16.6. The highest BCUT2D eigenvalue weighted by Gasteiger charge is 2.35. The maximum absolute atomic E-state index is 12.9. The minimum atomic E-state index is -4.64. The first-order chi connectivity index (χ1) is 10.8. The highest BCUT2D eigenvalue weighted by Crippen LogP contribution is 2.33. The Kier molecular flexibility index (Phi) is 3.55. The summed E-state index contributed by atoms with van der Waals surface area (Å²) in [4.78, 5) is 15.5. The van der Waals surface area contributed by atoms with Crippen LogP contribution in [0.2, 0.25) is 0 Å². The number of alkyl halides is 3. The molecule has 0 saturated heterocycles. The van der Waals surface area contributed by atoms with Crippen LogP contribution in [-0.2, 0) is 6.18 Å². The van der Waals surface area contributed by atoms with E-state index in [0.717, 1.165) is 12.3 Å². The van der Waals surface area contributed by atoms with Crippen molar-refractivity contribution in [1.29, 1.82) is 0 Å². The van der Waals surface area contributed by atoms with Crippen molar-refractivity contribution in [1.82, 2.24) is 4.98 Å². The molecule has 0 aliphatic rings. The molecule has 2 aromatic heterocycles. The molecule has 0 bridgehead atoms. The lowest BCUT2D eigenvalue weighted by Crippen LogP contribution is -2.17. The second-order valence-electron chi connectivity index (χ2n) is 4.96. The third kappa shape index (κ3) is 3.03. The molecule has 0 unspecified atom stereocenters. The molecule has 2 heterocycles. The van der Waals surface area contributed by atoms with Crippen LogP contribution in [0.25, 0.3) is 11.0 Å². The predicted octanol–water partition coefficient (Wildman–Crippen LogP) is 4.41. The number of nitrogens with zero attached hydrogens (tertiary/aromatic N) is 1. The number of carbonyl (C=O) groups is 1. The summed E-state index contributed by atoms with van der Waals surface area (Å²) in [6.45, 7) is 1.77. The molecule has 3 aromatic rings. The van der Waals surface area contributed by atoms with Crippen molar-refractivity contribution in [2.45, 2.75) is 13.1 Å². The van der Waals surface area contributed by atoms with E-state index in [4.69, 9.17) is 4.42 Å². The first-order valence-electron chi connectivity index (χ1n) is 6.68. The molecule has 0 atom stereocenters. The average Bonchev–Trinajstić information content (AvgIpc) is 2.85. The third-order valence-corrected chi connectivity index (χ3v) is 3.23. The minimum absolute atomic E-state index is 0.232. The number of rotatable bonds is 2. The number of aryl methyl sites for hydroxylation is 1. The molecule has 0 fully saturated rings. The highest BCUT2D eigenvalue weighted by molar-refractivity contribution is 6.06. The number of fused-ring (bicyclic) bond motifs is 1. The number of amides is 1. The smallest absolute Gasteiger partial charge is 0.435 e. The van der Waals surface area contributed by atoms with E-state index in [1.54, 1.807) is 25.1 Å². The molecular weight excluding hydrogens is 309 g/mol. The molecule has 0 saturated carbocycles.